The van der Waals surface area contributed by atoms with Crippen molar-refractivity contribution in [2.75, 3.05) is 11.9 Å². The molecule has 0 atom stereocenters. The fourth-order valence-corrected chi connectivity index (χ4v) is 2.09. The summed E-state index contributed by atoms with van der Waals surface area (Å²) in [6.45, 7) is -0.0652. The summed E-state index contributed by atoms with van der Waals surface area (Å²) in [7, 11) is 0. The van der Waals surface area contributed by atoms with Crippen LogP contribution in [0.1, 0.15) is 19.3 Å². The second-order valence-corrected chi connectivity index (χ2v) is 4.84. The zero-order valence-corrected chi connectivity index (χ0v) is 10.6. The Morgan fingerprint density at radius 3 is 2.30 bits per heavy atom. The van der Waals surface area contributed by atoms with Gasteiger partial charge in [0.1, 0.15) is 17.3 Å². The maximum atomic E-state index is 13.3. The molecule has 20 heavy (non-hydrogen) atoms. The van der Waals surface area contributed by atoms with E-state index in [2.05, 4.69) is 5.32 Å². The van der Waals surface area contributed by atoms with Crippen molar-refractivity contribution in [2.45, 2.75) is 19.3 Å². The number of halogens is 2. The molecule has 1 aromatic rings. The molecule has 0 aliphatic heterocycles. The predicted octanol–water partition coefficient (Wildman–Crippen LogP) is 2.34. The van der Waals surface area contributed by atoms with Gasteiger partial charge in [-0.15, -0.1) is 0 Å². The fourth-order valence-electron chi connectivity index (χ4n) is 2.09. The van der Waals surface area contributed by atoms with Gasteiger partial charge in [-0.25, -0.2) is 13.6 Å². The normalized spacial score (nSPS) is 16.1. The SMILES string of the molecule is O=C(NCC1(C(=O)O)CCC1)Nc1c(F)cccc1F. The minimum absolute atomic E-state index is 0.0652. The zero-order chi connectivity index (χ0) is 14.8. The molecule has 7 heteroatoms. The summed E-state index contributed by atoms with van der Waals surface area (Å²) in [6, 6.07) is 2.38. The van der Waals surface area contributed by atoms with Crippen LogP contribution >= 0.6 is 0 Å². The fraction of sp³-hybridized carbons (Fsp3) is 0.385. The van der Waals surface area contributed by atoms with Gasteiger partial charge in [-0.05, 0) is 25.0 Å². The van der Waals surface area contributed by atoms with Crippen molar-refractivity contribution >= 4 is 17.7 Å². The van der Waals surface area contributed by atoms with Gasteiger partial charge in [-0.1, -0.05) is 12.5 Å². The predicted molar refractivity (Wildman–Crippen MR) is 67.3 cm³/mol. The van der Waals surface area contributed by atoms with Crippen molar-refractivity contribution in [3.63, 3.8) is 0 Å². The van der Waals surface area contributed by atoms with Crippen LogP contribution < -0.4 is 10.6 Å². The number of hydrogen-bond acceptors (Lipinski definition) is 2. The molecule has 0 heterocycles. The first-order chi connectivity index (χ1) is 9.44. The number of hydrogen-bond donors (Lipinski definition) is 3. The minimum Gasteiger partial charge on any atom is -0.481 e. The molecule has 0 bridgehead atoms. The Morgan fingerprint density at radius 1 is 1.25 bits per heavy atom. The summed E-state index contributed by atoms with van der Waals surface area (Å²) in [6.07, 6.45) is 1.75. The number of carbonyl (C=O) groups excluding carboxylic acids is 1. The van der Waals surface area contributed by atoms with Gasteiger partial charge in [0.15, 0.2) is 0 Å². The lowest BCUT2D eigenvalue weighted by Gasteiger charge is -2.37. The first-order valence-corrected chi connectivity index (χ1v) is 6.17. The number of nitrogens with one attached hydrogen (secondary N) is 2. The summed E-state index contributed by atoms with van der Waals surface area (Å²) in [5.41, 5.74) is -1.51. The molecule has 1 saturated carbocycles. The molecule has 5 nitrogen and oxygen atoms in total. The Labute approximate surface area is 114 Å². The molecular formula is C13H14F2N2O3. The highest BCUT2D eigenvalue weighted by atomic mass is 19.1. The molecule has 1 fully saturated rings. The monoisotopic (exact) mass is 284 g/mol. The number of benzene rings is 1. The number of carbonyl (C=O) groups is 2. The van der Waals surface area contributed by atoms with Crippen LogP contribution in [-0.4, -0.2) is 23.7 Å². The van der Waals surface area contributed by atoms with Gasteiger partial charge < -0.3 is 15.7 Å². The molecule has 1 aliphatic carbocycles. The maximum absolute atomic E-state index is 13.3. The maximum Gasteiger partial charge on any atom is 0.319 e. The molecule has 0 spiro atoms. The average Bonchev–Trinajstić information content (AvgIpc) is 2.32. The van der Waals surface area contributed by atoms with E-state index in [0.29, 0.717) is 12.8 Å². The highest BCUT2D eigenvalue weighted by Crippen LogP contribution is 2.40. The zero-order valence-electron chi connectivity index (χ0n) is 10.6. The Morgan fingerprint density at radius 2 is 1.85 bits per heavy atom. The highest BCUT2D eigenvalue weighted by Gasteiger charge is 2.44. The quantitative estimate of drug-likeness (QED) is 0.794. The molecule has 2 rings (SSSR count). The topological polar surface area (TPSA) is 78.4 Å². The summed E-state index contributed by atoms with van der Waals surface area (Å²) in [5.74, 6) is -2.75. The number of carboxylic acids is 1. The standard InChI is InChI=1S/C13H14F2N2O3/c14-8-3-1-4-9(15)10(8)17-12(20)16-7-13(11(18)19)5-2-6-13/h1,3-4H,2,5-7H2,(H,18,19)(H2,16,17,20). The number of amides is 2. The van der Waals surface area contributed by atoms with Crippen molar-refractivity contribution in [1.29, 1.82) is 0 Å². The summed E-state index contributed by atoms with van der Waals surface area (Å²) in [5, 5.41) is 13.5. The number of urea groups is 1. The van der Waals surface area contributed by atoms with Gasteiger partial charge in [0, 0.05) is 6.54 Å². The second kappa shape index (κ2) is 5.44. The lowest BCUT2D eigenvalue weighted by molar-refractivity contribution is -0.153. The smallest absolute Gasteiger partial charge is 0.319 e. The number of para-hydroxylation sites is 1. The molecule has 0 aromatic heterocycles. The third kappa shape index (κ3) is 2.71. The number of rotatable bonds is 4. The van der Waals surface area contributed by atoms with Gasteiger partial charge in [-0.3, -0.25) is 4.79 Å². The third-order valence-electron chi connectivity index (χ3n) is 3.55. The lowest BCUT2D eigenvalue weighted by atomic mass is 9.69. The molecule has 0 unspecified atom stereocenters. The Kier molecular flexibility index (Phi) is 3.87. The number of anilines is 1. The van der Waals surface area contributed by atoms with Gasteiger partial charge in [0.05, 0.1) is 5.41 Å². The van der Waals surface area contributed by atoms with Crippen molar-refractivity contribution in [3.05, 3.63) is 29.8 Å². The van der Waals surface area contributed by atoms with E-state index in [0.717, 1.165) is 18.6 Å². The Bertz CT molecular complexity index is 524. The van der Waals surface area contributed by atoms with Crippen molar-refractivity contribution in [1.82, 2.24) is 5.32 Å². The van der Waals surface area contributed by atoms with E-state index in [1.807, 2.05) is 5.32 Å². The summed E-state index contributed by atoms with van der Waals surface area (Å²) in [4.78, 5) is 22.7. The van der Waals surface area contributed by atoms with E-state index < -0.39 is 34.7 Å². The van der Waals surface area contributed by atoms with Crippen LogP contribution in [0.4, 0.5) is 19.3 Å². The molecule has 2 amide bonds. The molecule has 3 N–H and O–H groups in total. The number of carboxylic acid groups (broad SMARTS) is 1. The van der Waals surface area contributed by atoms with Crippen LogP contribution in [0.2, 0.25) is 0 Å². The van der Waals surface area contributed by atoms with Gasteiger partial charge in [0.25, 0.3) is 0 Å². The van der Waals surface area contributed by atoms with E-state index in [-0.39, 0.29) is 6.54 Å². The van der Waals surface area contributed by atoms with Crippen LogP contribution in [0.15, 0.2) is 18.2 Å². The largest absolute Gasteiger partial charge is 0.481 e. The summed E-state index contributed by atoms with van der Waals surface area (Å²) >= 11 is 0. The first-order valence-electron chi connectivity index (χ1n) is 6.17. The molecule has 1 aromatic carbocycles. The van der Waals surface area contributed by atoms with Crippen LogP contribution in [0.25, 0.3) is 0 Å². The van der Waals surface area contributed by atoms with E-state index in [1.54, 1.807) is 0 Å². The minimum atomic E-state index is -0.971. The van der Waals surface area contributed by atoms with Crippen LogP contribution in [0.5, 0.6) is 0 Å². The van der Waals surface area contributed by atoms with Crippen molar-refractivity contribution in [3.8, 4) is 0 Å². The molecule has 0 radical (unpaired) electrons. The third-order valence-corrected chi connectivity index (χ3v) is 3.55. The number of aliphatic carboxylic acids is 1. The van der Waals surface area contributed by atoms with Crippen LogP contribution in [0.3, 0.4) is 0 Å². The van der Waals surface area contributed by atoms with Gasteiger partial charge >= 0.3 is 12.0 Å². The van der Waals surface area contributed by atoms with Crippen LogP contribution in [-0.2, 0) is 4.79 Å². The van der Waals surface area contributed by atoms with E-state index >= 15 is 0 Å². The first kappa shape index (κ1) is 14.2. The second-order valence-electron chi connectivity index (χ2n) is 4.84. The molecule has 1 aliphatic rings. The summed E-state index contributed by atoms with van der Waals surface area (Å²) < 4.78 is 26.6. The van der Waals surface area contributed by atoms with E-state index in [4.69, 9.17) is 5.11 Å². The Balaban J connectivity index is 1.95. The van der Waals surface area contributed by atoms with Crippen molar-refractivity contribution < 1.29 is 23.5 Å². The highest BCUT2D eigenvalue weighted by molar-refractivity contribution is 5.90. The lowest BCUT2D eigenvalue weighted by Crippen LogP contribution is -2.48. The van der Waals surface area contributed by atoms with Crippen molar-refractivity contribution in [2.24, 2.45) is 5.41 Å². The Hall–Kier alpha value is -2.18. The van der Waals surface area contributed by atoms with E-state index in [1.165, 1.54) is 6.07 Å². The molecule has 108 valence electrons. The van der Waals surface area contributed by atoms with Crippen LogP contribution in [0, 0.1) is 17.0 Å². The molecule has 0 saturated heterocycles. The average molecular weight is 284 g/mol. The molecular weight excluding hydrogens is 270 g/mol. The van der Waals surface area contributed by atoms with Gasteiger partial charge in [0.2, 0.25) is 0 Å². The van der Waals surface area contributed by atoms with E-state index in [9.17, 15) is 18.4 Å². The van der Waals surface area contributed by atoms with Gasteiger partial charge in [-0.2, -0.15) is 0 Å².